The third kappa shape index (κ3) is 3.34. The van der Waals surface area contributed by atoms with Crippen LogP contribution in [0.15, 0.2) is 39.0 Å². The maximum Gasteiger partial charge on any atom is 0.186 e. The van der Waals surface area contributed by atoms with Gasteiger partial charge in [-0.3, -0.25) is 9.00 Å². The fourth-order valence-corrected chi connectivity index (χ4v) is 4.07. The molecule has 0 amide bonds. The van der Waals surface area contributed by atoms with Crippen LogP contribution in [0.4, 0.5) is 8.78 Å². The lowest BCUT2D eigenvalue weighted by molar-refractivity contribution is 0.102. The van der Waals surface area contributed by atoms with E-state index in [1.807, 2.05) is 0 Å². The summed E-state index contributed by atoms with van der Waals surface area (Å²) in [6.07, 6.45) is 0. The Labute approximate surface area is 123 Å². The summed E-state index contributed by atoms with van der Waals surface area (Å²) in [5.74, 6) is -2.33. The van der Waals surface area contributed by atoms with E-state index in [9.17, 15) is 17.8 Å². The Hall–Kier alpha value is -0.920. The van der Waals surface area contributed by atoms with Gasteiger partial charge in [0, 0.05) is 10.5 Å². The molecule has 1 aromatic carbocycles. The number of hydrogen-bond acceptors (Lipinski definition) is 3. The molecule has 2 aromatic rings. The lowest BCUT2D eigenvalue weighted by Crippen LogP contribution is -2.11. The molecule has 2 nitrogen and oxygen atoms in total. The minimum Gasteiger partial charge on any atom is -0.292 e. The van der Waals surface area contributed by atoms with Gasteiger partial charge in [-0.05, 0) is 39.5 Å². The van der Waals surface area contributed by atoms with E-state index in [-0.39, 0.29) is 16.4 Å². The molecule has 0 aliphatic rings. The van der Waals surface area contributed by atoms with Crippen LogP contribution in [0.3, 0.4) is 0 Å². The lowest BCUT2D eigenvalue weighted by atomic mass is 10.3. The summed E-state index contributed by atoms with van der Waals surface area (Å²) >= 11 is 4.42. The third-order valence-corrected chi connectivity index (χ3v) is 5.50. The number of halogens is 3. The van der Waals surface area contributed by atoms with Crippen LogP contribution >= 0.6 is 27.3 Å². The van der Waals surface area contributed by atoms with Crippen LogP contribution in [-0.4, -0.2) is 15.7 Å². The summed E-state index contributed by atoms with van der Waals surface area (Å²) in [6, 6.07) is 4.47. The number of hydrogen-bond donors (Lipinski definition) is 0. The highest BCUT2D eigenvalue weighted by molar-refractivity contribution is 9.10. The normalized spacial score (nSPS) is 12.4. The summed E-state index contributed by atoms with van der Waals surface area (Å²) < 4.78 is 38.7. The highest BCUT2D eigenvalue weighted by Gasteiger charge is 2.18. The van der Waals surface area contributed by atoms with Crippen molar-refractivity contribution in [2.24, 2.45) is 0 Å². The number of ketones is 1. The number of Topliss-reactive ketones (excluding diaryl/α,β-unsaturated/α-hetero) is 1. The molecular formula is C12H7BrF2O2S2. The van der Waals surface area contributed by atoms with Crippen LogP contribution in [0.1, 0.15) is 9.67 Å². The molecular weight excluding hydrogens is 358 g/mol. The Bertz CT molecular complexity index is 655. The number of benzene rings is 1. The minimum atomic E-state index is -1.83. The van der Waals surface area contributed by atoms with Crippen LogP contribution in [0.25, 0.3) is 0 Å². The van der Waals surface area contributed by atoms with Crippen molar-refractivity contribution in [1.29, 1.82) is 0 Å². The maximum absolute atomic E-state index is 13.4. The zero-order valence-corrected chi connectivity index (χ0v) is 12.6. The molecule has 1 aromatic heterocycles. The second-order valence-corrected chi connectivity index (χ2v) is 6.78. The highest BCUT2D eigenvalue weighted by atomic mass is 79.9. The van der Waals surface area contributed by atoms with Crippen molar-refractivity contribution < 1.29 is 17.8 Å². The van der Waals surface area contributed by atoms with Gasteiger partial charge in [0.25, 0.3) is 0 Å². The summed E-state index contributed by atoms with van der Waals surface area (Å²) in [4.78, 5) is 12.2. The molecule has 0 fully saturated rings. The predicted molar refractivity (Wildman–Crippen MR) is 74.0 cm³/mol. The summed E-state index contributed by atoms with van der Waals surface area (Å²) in [5, 5.41) is 1.72. The van der Waals surface area contributed by atoms with E-state index >= 15 is 0 Å². The molecule has 1 heterocycles. The molecule has 7 heteroatoms. The average molecular weight is 365 g/mol. The molecule has 0 radical (unpaired) electrons. The van der Waals surface area contributed by atoms with Crippen molar-refractivity contribution in [3.05, 3.63) is 50.6 Å². The van der Waals surface area contributed by atoms with Crippen molar-refractivity contribution in [2.75, 3.05) is 5.75 Å². The van der Waals surface area contributed by atoms with Gasteiger partial charge in [-0.2, -0.15) is 0 Å². The number of carbonyl (C=O) groups is 1. The summed E-state index contributed by atoms with van der Waals surface area (Å²) in [6.45, 7) is 0. The molecule has 2 rings (SSSR count). The first-order chi connectivity index (χ1) is 8.99. The van der Waals surface area contributed by atoms with Gasteiger partial charge in [-0.15, -0.1) is 11.3 Å². The van der Waals surface area contributed by atoms with Crippen molar-refractivity contribution >= 4 is 43.8 Å². The molecule has 0 bridgehead atoms. The smallest absolute Gasteiger partial charge is 0.186 e. The molecule has 100 valence electrons. The van der Waals surface area contributed by atoms with E-state index in [1.54, 1.807) is 11.4 Å². The summed E-state index contributed by atoms with van der Waals surface area (Å²) in [5.41, 5.74) is 0. The van der Waals surface area contributed by atoms with E-state index in [0.717, 1.165) is 12.1 Å². The average Bonchev–Trinajstić information content (AvgIpc) is 2.75. The monoisotopic (exact) mass is 364 g/mol. The predicted octanol–water partition coefficient (Wildman–Crippen LogP) is 3.78. The number of carbonyl (C=O) groups excluding carboxylic acids is 1. The SMILES string of the molecule is O=C(CS(=O)c1ccc(F)cc1F)c1sccc1Br. The zero-order chi connectivity index (χ0) is 14.0. The second kappa shape index (κ2) is 6.02. The standard InChI is InChI=1S/C12H7BrF2O2S2/c13-8-3-4-18-12(8)10(16)6-19(17)11-2-1-7(14)5-9(11)15/h1-5H,6H2. The van der Waals surface area contributed by atoms with Crippen molar-refractivity contribution in [3.8, 4) is 0 Å². The topological polar surface area (TPSA) is 34.1 Å². The first-order valence-electron chi connectivity index (χ1n) is 5.08. The van der Waals surface area contributed by atoms with Gasteiger partial charge in [0.05, 0.1) is 26.3 Å². The highest BCUT2D eigenvalue weighted by Crippen LogP contribution is 2.24. The molecule has 0 aliphatic carbocycles. The number of thiophene rings is 1. The largest absolute Gasteiger partial charge is 0.292 e. The van der Waals surface area contributed by atoms with Gasteiger partial charge < -0.3 is 0 Å². The van der Waals surface area contributed by atoms with Crippen LogP contribution in [0, 0.1) is 11.6 Å². The molecule has 1 unspecified atom stereocenters. The first-order valence-corrected chi connectivity index (χ1v) is 8.08. The molecule has 0 spiro atoms. The van der Waals surface area contributed by atoms with E-state index in [4.69, 9.17) is 0 Å². The summed E-state index contributed by atoms with van der Waals surface area (Å²) in [7, 11) is -1.83. The van der Waals surface area contributed by atoms with Gasteiger partial charge in [0.15, 0.2) is 5.78 Å². The quantitative estimate of drug-likeness (QED) is 0.773. The van der Waals surface area contributed by atoms with Crippen molar-refractivity contribution in [1.82, 2.24) is 0 Å². The Kier molecular flexibility index (Phi) is 4.59. The molecule has 19 heavy (non-hydrogen) atoms. The maximum atomic E-state index is 13.4. The first kappa shape index (κ1) is 14.5. The molecule has 0 saturated heterocycles. The fourth-order valence-electron chi connectivity index (χ4n) is 1.41. The third-order valence-electron chi connectivity index (χ3n) is 2.27. The molecule has 0 N–H and O–H groups in total. The van der Waals surface area contributed by atoms with E-state index in [2.05, 4.69) is 15.9 Å². The van der Waals surface area contributed by atoms with Crippen molar-refractivity contribution in [3.63, 3.8) is 0 Å². The second-order valence-electron chi connectivity index (χ2n) is 3.59. The van der Waals surface area contributed by atoms with Gasteiger partial charge in [-0.25, -0.2) is 8.78 Å². The van der Waals surface area contributed by atoms with Gasteiger partial charge in [0.2, 0.25) is 0 Å². The minimum absolute atomic E-state index is 0.164. The molecule has 0 aliphatic heterocycles. The zero-order valence-electron chi connectivity index (χ0n) is 9.36. The fraction of sp³-hybridized carbons (Fsp3) is 0.0833. The Morgan fingerprint density at radius 2 is 2.05 bits per heavy atom. The number of rotatable bonds is 4. The molecule has 0 saturated carbocycles. The van der Waals surface area contributed by atoms with Gasteiger partial charge >= 0.3 is 0 Å². The van der Waals surface area contributed by atoms with Crippen LogP contribution in [0.5, 0.6) is 0 Å². The van der Waals surface area contributed by atoms with Crippen LogP contribution < -0.4 is 0 Å². The van der Waals surface area contributed by atoms with E-state index in [1.165, 1.54) is 11.3 Å². The van der Waals surface area contributed by atoms with Crippen LogP contribution in [-0.2, 0) is 10.8 Å². The lowest BCUT2D eigenvalue weighted by Gasteiger charge is -2.03. The van der Waals surface area contributed by atoms with Crippen molar-refractivity contribution in [2.45, 2.75) is 4.90 Å². The van der Waals surface area contributed by atoms with E-state index < -0.39 is 22.4 Å². The van der Waals surface area contributed by atoms with Crippen LogP contribution in [0.2, 0.25) is 0 Å². The van der Waals surface area contributed by atoms with Gasteiger partial charge in [-0.1, -0.05) is 0 Å². The van der Waals surface area contributed by atoms with E-state index in [0.29, 0.717) is 15.4 Å². The Balaban J connectivity index is 2.18. The van der Waals surface area contributed by atoms with Gasteiger partial charge in [0.1, 0.15) is 11.6 Å². The Morgan fingerprint density at radius 1 is 1.32 bits per heavy atom. The molecule has 1 atom stereocenters. The Morgan fingerprint density at radius 3 is 2.63 bits per heavy atom.